The van der Waals surface area contributed by atoms with E-state index in [1.54, 1.807) is 11.3 Å². The van der Waals surface area contributed by atoms with Crippen LogP contribution in [0.4, 0.5) is 0 Å². The highest BCUT2D eigenvalue weighted by molar-refractivity contribution is 7.13. The first-order valence-corrected chi connectivity index (χ1v) is 9.30. The third-order valence-electron chi connectivity index (χ3n) is 4.93. The van der Waals surface area contributed by atoms with Gasteiger partial charge in [0.25, 0.3) is 0 Å². The Morgan fingerprint density at radius 2 is 2.00 bits per heavy atom. The Labute approximate surface area is 141 Å². The maximum atomic E-state index is 11.0. The summed E-state index contributed by atoms with van der Waals surface area (Å²) in [6.45, 7) is 2.12. The van der Waals surface area contributed by atoms with Crippen LogP contribution in [0.5, 0.6) is 0 Å². The van der Waals surface area contributed by atoms with Crippen LogP contribution in [-0.4, -0.2) is 15.8 Å². The zero-order chi connectivity index (χ0) is 16.3. The van der Waals surface area contributed by atoms with Gasteiger partial charge in [-0.2, -0.15) is 0 Å². The van der Waals surface area contributed by atoms with Gasteiger partial charge >= 0.3 is 0 Å². The Morgan fingerprint density at radius 3 is 2.57 bits per heavy atom. The topological polar surface area (TPSA) is 57.0 Å². The van der Waals surface area contributed by atoms with E-state index in [2.05, 4.69) is 24.0 Å². The lowest BCUT2D eigenvalue weighted by Gasteiger charge is -2.36. The van der Waals surface area contributed by atoms with Gasteiger partial charge in [-0.15, -0.1) is 11.3 Å². The van der Waals surface area contributed by atoms with Crippen molar-refractivity contribution in [1.29, 1.82) is 5.41 Å². The maximum Gasteiger partial charge on any atom is 0.123 e. The van der Waals surface area contributed by atoms with Crippen LogP contribution in [-0.2, 0) is 5.60 Å². The predicted molar refractivity (Wildman–Crippen MR) is 96.0 cm³/mol. The second-order valence-electron chi connectivity index (χ2n) is 6.50. The molecule has 2 N–H and O–H groups in total. The molecule has 122 valence electrons. The molecule has 1 aromatic carbocycles. The Balaban J connectivity index is 1.68. The molecule has 0 saturated heterocycles. The van der Waals surface area contributed by atoms with E-state index in [-0.39, 0.29) is 0 Å². The summed E-state index contributed by atoms with van der Waals surface area (Å²) in [7, 11) is 0. The number of thiazole rings is 1. The van der Waals surface area contributed by atoms with Gasteiger partial charge in [0.2, 0.25) is 0 Å². The minimum absolute atomic E-state index is 0.366. The Morgan fingerprint density at radius 1 is 1.30 bits per heavy atom. The molecule has 0 amide bonds. The molecule has 0 aliphatic heterocycles. The molecule has 1 fully saturated rings. The molecule has 1 aromatic heterocycles. The van der Waals surface area contributed by atoms with Crippen LogP contribution < -0.4 is 0 Å². The monoisotopic (exact) mass is 328 g/mol. The summed E-state index contributed by atoms with van der Waals surface area (Å²) < 4.78 is 0. The molecule has 2 aromatic rings. The Hall–Kier alpha value is -1.52. The highest BCUT2D eigenvalue weighted by Gasteiger charge is 2.35. The molecule has 0 atom stereocenters. The molecule has 0 spiro atoms. The zero-order valence-electron chi connectivity index (χ0n) is 13.6. The molecule has 23 heavy (non-hydrogen) atoms. The van der Waals surface area contributed by atoms with Crippen LogP contribution in [0.15, 0.2) is 35.8 Å². The van der Waals surface area contributed by atoms with Crippen LogP contribution in [0.3, 0.4) is 0 Å². The number of rotatable bonds is 5. The van der Waals surface area contributed by atoms with Gasteiger partial charge in [0.15, 0.2) is 0 Å². The first kappa shape index (κ1) is 16.3. The van der Waals surface area contributed by atoms with Crippen molar-refractivity contribution in [2.75, 3.05) is 0 Å². The fourth-order valence-corrected chi connectivity index (χ4v) is 4.14. The van der Waals surface area contributed by atoms with Crippen molar-refractivity contribution < 1.29 is 5.11 Å². The van der Waals surface area contributed by atoms with Crippen molar-refractivity contribution in [1.82, 2.24) is 4.98 Å². The van der Waals surface area contributed by atoms with Crippen molar-refractivity contribution in [3.8, 4) is 10.6 Å². The lowest BCUT2D eigenvalue weighted by molar-refractivity contribution is -0.00715. The van der Waals surface area contributed by atoms with Gasteiger partial charge in [-0.25, -0.2) is 4.98 Å². The quantitative estimate of drug-likeness (QED) is 0.758. The van der Waals surface area contributed by atoms with Crippen LogP contribution in [0, 0.1) is 11.3 Å². The summed E-state index contributed by atoms with van der Waals surface area (Å²) in [5, 5.41) is 22.1. The number of hydrogen-bond acceptors (Lipinski definition) is 4. The highest BCUT2D eigenvalue weighted by atomic mass is 32.1. The molecule has 0 unspecified atom stereocenters. The molecule has 1 aliphatic rings. The Kier molecular flexibility index (Phi) is 4.93. The van der Waals surface area contributed by atoms with Crippen molar-refractivity contribution in [3.63, 3.8) is 0 Å². The summed E-state index contributed by atoms with van der Waals surface area (Å²) in [5.74, 6) is 0.366. The standard InChI is InChI=1S/C19H24N2OS/c1-2-3-17(20)14-8-10-19(22,11-9-14)16-6-4-15(5-7-16)18-21-12-13-23-18/h4-7,12-14,20,22H,2-3,8-11H2,1H3. The molecule has 4 heteroatoms. The van der Waals surface area contributed by atoms with E-state index < -0.39 is 5.60 Å². The average molecular weight is 328 g/mol. The van der Waals surface area contributed by atoms with Crippen molar-refractivity contribution in [3.05, 3.63) is 41.4 Å². The Bertz CT molecular complexity index is 641. The van der Waals surface area contributed by atoms with E-state index in [4.69, 9.17) is 5.41 Å². The number of hydrogen-bond donors (Lipinski definition) is 2. The molecule has 1 saturated carbocycles. The molecular formula is C19H24N2OS. The number of nitrogens with one attached hydrogen (secondary N) is 1. The van der Waals surface area contributed by atoms with E-state index in [1.165, 1.54) is 0 Å². The third-order valence-corrected chi connectivity index (χ3v) is 5.75. The smallest absolute Gasteiger partial charge is 0.123 e. The van der Waals surface area contributed by atoms with Crippen LogP contribution in [0.2, 0.25) is 0 Å². The molecule has 1 heterocycles. The van der Waals surface area contributed by atoms with E-state index >= 15 is 0 Å². The lowest BCUT2D eigenvalue weighted by Crippen LogP contribution is -2.33. The first-order chi connectivity index (χ1) is 11.1. The average Bonchev–Trinajstić information content (AvgIpc) is 3.10. The van der Waals surface area contributed by atoms with Gasteiger partial charge < -0.3 is 10.5 Å². The van der Waals surface area contributed by atoms with Gasteiger partial charge in [0, 0.05) is 22.9 Å². The van der Waals surface area contributed by atoms with Crippen molar-refractivity contribution in [2.24, 2.45) is 5.92 Å². The van der Waals surface area contributed by atoms with Gasteiger partial charge in [-0.05, 0) is 43.6 Å². The SMILES string of the molecule is CCCC(=N)C1CCC(O)(c2ccc(-c3nccs3)cc2)CC1. The maximum absolute atomic E-state index is 11.0. The van der Waals surface area contributed by atoms with Crippen LogP contribution in [0.25, 0.3) is 10.6 Å². The molecule has 3 nitrogen and oxygen atoms in total. The van der Waals surface area contributed by atoms with Gasteiger partial charge in [-0.1, -0.05) is 37.6 Å². The lowest BCUT2D eigenvalue weighted by atomic mass is 9.73. The van der Waals surface area contributed by atoms with E-state index in [0.717, 1.165) is 60.4 Å². The van der Waals surface area contributed by atoms with E-state index in [1.807, 2.05) is 23.7 Å². The number of aliphatic hydroxyl groups is 1. The molecule has 0 bridgehead atoms. The van der Waals surface area contributed by atoms with Crippen LogP contribution >= 0.6 is 11.3 Å². The fraction of sp³-hybridized carbons (Fsp3) is 0.474. The molecule has 1 aliphatic carbocycles. The van der Waals surface area contributed by atoms with Gasteiger partial charge in [-0.3, -0.25) is 0 Å². The predicted octanol–water partition coefficient (Wildman–Crippen LogP) is 5.01. The third kappa shape index (κ3) is 3.54. The summed E-state index contributed by atoms with van der Waals surface area (Å²) in [6, 6.07) is 8.18. The first-order valence-electron chi connectivity index (χ1n) is 8.42. The minimum Gasteiger partial charge on any atom is -0.385 e. The largest absolute Gasteiger partial charge is 0.385 e. The number of benzene rings is 1. The van der Waals surface area contributed by atoms with Gasteiger partial charge in [0.05, 0.1) is 5.60 Å². The summed E-state index contributed by atoms with van der Waals surface area (Å²) >= 11 is 1.63. The summed E-state index contributed by atoms with van der Waals surface area (Å²) in [4.78, 5) is 4.33. The fourth-order valence-electron chi connectivity index (χ4n) is 3.50. The van der Waals surface area contributed by atoms with E-state index in [9.17, 15) is 5.11 Å². The number of nitrogens with zero attached hydrogens (tertiary/aromatic N) is 1. The van der Waals surface area contributed by atoms with Crippen molar-refractivity contribution >= 4 is 17.0 Å². The van der Waals surface area contributed by atoms with Crippen molar-refractivity contribution in [2.45, 2.75) is 51.0 Å². The normalized spacial score (nSPS) is 24.5. The molecule has 3 rings (SSSR count). The minimum atomic E-state index is -0.732. The van der Waals surface area contributed by atoms with Gasteiger partial charge in [0.1, 0.15) is 5.01 Å². The summed E-state index contributed by atoms with van der Waals surface area (Å²) in [5.41, 5.74) is 2.24. The summed E-state index contributed by atoms with van der Waals surface area (Å²) in [6.07, 6.45) is 7.09. The molecule has 0 radical (unpaired) electrons. The van der Waals surface area contributed by atoms with Crippen LogP contribution in [0.1, 0.15) is 51.0 Å². The second-order valence-corrected chi connectivity index (χ2v) is 7.39. The van der Waals surface area contributed by atoms with E-state index in [0.29, 0.717) is 5.92 Å². The highest BCUT2D eigenvalue weighted by Crippen LogP contribution is 2.40. The molecular weight excluding hydrogens is 304 g/mol. The zero-order valence-corrected chi connectivity index (χ0v) is 14.4. The number of aromatic nitrogens is 1. The second kappa shape index (κ2) is 6.93.